The Morgan fingerprint density at radius 1 is 1.27 bits per heavy atom. The number of amides is 2. The standard InChI is InChI=1S/C20H29N7O3/c1-4-5-6-7-16(13-26(30)14-28)19(29)27(21)20-23-12-17(25(2)3)18(24-20)15-8-10-22-11-9-15/h8-12,14,16,30H,4-7,13,21H2,1-3H3/t16-/m1/s1. The van der Waals surface area contributed by atoms with E-state index in [1.165, 1.54) is 0 Å². The van der Waals surface area contributed by atoms with Gasteiger partial charge in [0.1, 0.15) is 0 Å². The molecule has 10 nitrogen and oxygen atoms in total. The molecule has 0 aliphatic carbocycles. The first-order valence-corrected chi connectivity index (χ1v) is 9.83. The fraction of sp³-hybridized carbons (Fsp3) is 0.450. The molecule has 2 aromatic heterocycles. The van der Waals surface area contributed by atoms with E-state index in [2.05, 4.69) is 21.9 Å². The summed E-state index contributed by atoms with van der Waals surface area (Å²) in [4.78, 5) is 38.5. The van der Waals surface area contributed by atoms with Gasteiger partial charge in [-0.3, -0.25) is 19.8 Å². The summed E-state index contributed by atoms with van der Waals surface area (Å²) in [6.45, 7) is 1.91. The third-order valence-electron chi connectivity index (χ3n) is 4.68. The molecule has 0 spiro atoms. The van der Waals surface area contributed by atoms with Crippen LogP contribution < -0.4 is 15.8 Å². The van der Waals surface area contributed by atoms with Crippen LogP contribution in [-0.4, -0.2) is 58.2 Å². The number of hydrazine groups is 1. The molecule has 3 N–H and O–H groups in total. The minimum Gasteiger partial charge on any atom is -0.375 e. The van der Waals surface area contributed by atoms with Crippen LogP contribution in [0.3, 0.4) is 0 Å². The first-order chi connectivity index (χ1) is 14.4. The highest BCUT2D eigenvalue weighted by Crippen LogP contribution is 2.28. The molecular weight excluding hydrogens is 386 g/mol. The lowest BCUT2D eigenvalue weighted by atomic mass is 10.00. The monoisotopic (exact) mass is 415 g/mol. The molecule has 0 aromatic carbocycles. The van der Waals surface area contributed by atoms with Gasteiger partial charge in [0.2, 0.25) is 18.3 Å². The highest BCUT2D eigenvalue weighted by molar-refractivity contribution is 5.93. The van der Waals surface area contributed by atoms with Crippen molar-refractivity contribution in [2.45, 2.75) is 32.6 Å². The Kier molecular flexibility index (Phi) is 8.63. The number of aromatic nitrogens is 3. The molecule has 0 saturated heterocycles. The van der Waals surface area contributed by atoms with Crippen LogP contribution >= 0.6 is 0 Å². The normalized spacial score (nSPS) is 11.6. The second-order valence-corrected chi connectivity index (χ2v) is 7.16. The van der Waals surface area contributed by atoms with Crippen molar-refractivity contribution < 1.29 is 14.8 Å². The maximum Gasteiger partial charge on any atom is 0.248 e. The van der Waals surface area contributed by atoms with Crippen LogP contribution in [0.4, 0.5) is 11.6 Å². The van der Waals surface area contributed by atoms with Gasteiger partial charge in [0, 0.05) is 32.1 Å². The number of hydrogen-bond donors (Lipinski definition) is 2. The quantitative estimate of drug-likeness (QED) is 0.142. The fourth-order valence-electron chi connectivity index (χ4n) is 3.03. The number of carbonyl (C=O) groups is 2. The number of hydroxylamine groups is 2. The number of nitrogens with zero attached hydrogens (tertiary/aromatic N) is 6. The summed E-state index contributed by atoms with van der Waals surface area (Å²) in [5.41, 5.74) is 2.17. The number of carbonyl (C=O) groups excluding carboxylic acids is 2. The molecule has 2 heterocycles. The molecule has 0 saturated carbocycles. The average molecular weight is 415 g/mol. The van der Waals surface area contributed by atoms with Crippen molar-refractivity contribution in [3.8, 4) is 11.3 Å². The Morgan fingerprint density at radius 3 is 2.57 bits per heavy atom. The average Bonchev–Trinajstić information content (AvgIpc) is 2.77. The van der Waals surface area contributed by atoms with E-state index in [0.29, 0.717) is 17.2 Å². The number of rotatable bonds is 11. The van der Waals surface area contributed by atoms with E-state index in [1.807, 2.05) is 31.1 Å². The molecule has 2 aromatic rings. The largest absolute Gasteiger partial charge is 0.375 e. The van der Waals surface area contributed by atoms with Gasteiger partial charge in [-0.1, -0.05) is 26.2 Å². The van der Waals surface area contributed by atoms with Gasteiger partial charge < -0.3 is 4.90 Å². The van der Waals surface area contributed by atoms with E-state index >= 15 is 0 Å². The molecule has 0 radical (unpaired) electrons. The Morgan fingerprint density at radius 2 is 1.97 bits per heavy atom. The van der Waals surface area contributed by atoms with Crippen molar-refractivity contribution in [1.29, 1.82) is 0 Å². The summed E-state index contributed by atoms with van der Waals surface area (Å²) >= 11 is 0. The van der Waals surface area contributed by atoms with Gasteiger partial charge in [-0.2, -0.15) is 0 Å². The van der Waals surface area contributed by atoms with E-state index in [1.54, 1.807) is 18.6 Å². The second kappa shape index (κ2) is 11.2. The van der Waals surface area contributed by atoms with E-state index in [0.717, 1.165) is 35.5 Å². The molecule has 0 aliphatic heterocycles. The van der Waals surface area contributed by atoms with Crippen molar-refractivity contribution in [3.05, 3.63) is 30.7 Å². The number of hydrogen-bond acceptors (Lipinski definition) is 8. The molecule has 0 unspecified atom stereocenters. The Labute approximate surface area is 176 Å². The topological polar surface area (TPSA) is 129 Å². The summed E-state index contributed by atoms with van der Waals surface area (Å²) in [5.74, 6) is 4.98. The lowest BCUT2D eigenvalue weighted by molar-refractivity contribution is -0.154. The molecule has 162 valence electrons. The van der Waals surface area contributed by atoms with Crippen LogP contribution in [0, 0.1) is 5.92 Å². The van der Waals surface area contributed by atoms with Crippen LogP contribution in [0.15, 0.2) is 30.7 Å². The first kappa shape index (κ1) is 23.2. The summed E-state index contributed by atoms with van der Waals surface area (Å²) in [6.07, 6.45) is 8.34. The number of nitrogens with two attached hydrogens (primary N) is 1. The molecular formula is C20H29N7O3. The lowest BCUT2D eigenvalue weighted by Gasteiger charge is -2.24. The van der Waals surface area contributed by atoms with Gasteiger partial charge >= 0.3 is 0 Å². The summed E-state index contributed by atoms with van der Waals surface area (Å²) in [6, 6.07) is 3.62. The van der Waals surface area contributed by atoms with Crippen LogP contribution in [0.1, 0.15) is 32.6 Å². The Balaban J connectivity index is 2.33. The van der Waals surface area contributed by atoms with Gasteiger partial charge in [-0.25, -0.2) is 25.9 Å². The molecule has 0 fully saturated rings. The number of unbranched alkanes of at least 4 members (excludes halogenated alkanes) is 2. The van der Waals surface area contributed by atoms with Gasteiger partial charge in [-0.05, 0) is 18.6 Å². The summed E-state index contributed by atoms with van der Waals surface area (Å²) < 4.78 is 0. The zero-order valence-electron chi connectivity index (χ0n) is 17.6. The van der Waals surface area contributed by atoms with Crippen molar-refractivity contribution in [1.82, 2.24) is 20.0 Å². The number of pyridine rings is 1. The predicted molar refractivity (Wildman–Crippen MR) is 113 cm³/mol. The van der Waals surface area contributed by atoms with Crippen molar-refractivity contribution in [2.75, 3.05) is 30.5 Å². The first-order valence-electron chi connectivity index (χ1n) is 9.83. The molecule has 30 heavy (non-hydrogen) atoms. The summed E-state index contributed by atoms with van der Waals surface area (Å²) in [5, 5.41) is 10.9. The molecule has 10 heteroatoms. The van der Waals surface area contributed by atoms with Crippen molar-refractivity contribution in [2.24, 2.45) is 11.8 Å². The van der Waals surface area contributed by atoms with Crippen LogP contribution in [0.5, 0.6) is 0 Å². The Bertz CT molecular complexity index is 832. The molecule has 2 rings (SSSR count). The zero-order valence-corrected chi connectivity index (χ0v) is 17.6. The SMILES string of the molecule is CCCCC[C@H](CN(O)C=O)C(=O)N(N)c1ncc(N(C)C)c(-c2ccncc2)n1. The smallest absolute Gasteiger partial charge is 0.248 e. The number of anilines is 2. The predicted octanol–water partition coefficient (Wildman–Crippen LogP) is 1.86. The van der Waals surface area contributed by atoms with Gasteiger partial charge in [0.25, 0.3) is 0 Å². The van der Waals surface area contributed by atoms with E-state index in [-0.39, 0.29) is 18.9 Å². The maximum atomic E-state index is 13.0. The van der Waals surface area contributed by atoms with E-state index in [4.69, 9.17) is 5.84 Å². The minimum atomic E-state index is -0.668. The highest BCUT2D eigenvalue weighted by atomic mass is 16.5. The third-order valence-corrected chi connectivity index (χ3v) is 4.68. The summed E-state index contributed by atoms with van der Waals surface area (Å²) in [7, 11) is 3.74. The van der Waals surface area contributed by atoms with Crippen molar-refractivity contribution >= 4 is 24.0 Å². The van der Waals surface area contributed by atoms with Crippen LogP contribution in [0.25, 0.3) is 11.3 Å². The second-order valence-electron chi connectivity index (χ2n) is 7.16. The Hall–Kier alpha value is -3.11. The fourth-order valence-corrected chi connectivity index (χ4v) is 3.03. The van der Waals surface area contributed by atoms with Gasteiger partial charge in [0.15, 0.2) is 0 Å². The van der Waals surface area contributed by atoms with Crippen LogP contribution in [0.2, 0.25) is 0 Å². The van der Waals surface area contributed by atoms with Gasteiger partial charge in [-0.15, -0.1) is 0 Å². The maximum absolute atomic E-state index is 13.0. The van der Waals surface area contributed by atoms with Gasteiger partial charge in [0.05, 0.1) is 30.0 Å². The zero-order chi connectivity index (χ0) is 22.1. The molecule has 0 bridgehead atoms. The lowest BCUT2D eigenvalue weighted by Crippen LogP contribution is -2.46. The molecule has 0 aliphatic rings. The van der Waals surface area contributed by atoms with E-state index in [9.17, 15) is 14.8 Å². The van der Waals surface area contributed by atoms with Crippen LogP contribution in [-0.2, 0) is 9.59 Å². The molecule has 2 amide bonds. The third kappa shape index (κ3) is 5.94. The molecule has 1 atom stereocenters. The highest BCUT2D eigenvalue weighted by Gasteiger charge is 2.27. The van der Waals surface area contributed by atoms with Crippen molar-refractivity contribution in [3.63, 3.8) is 0 Å². The minimum absolute atomic E-state index is 0.0356. The van der Waals surface area contributed by atoms with E-state index < -0.39 is 11.8 Å².